The Kier molecular flexibility index (Phi) is 2.88. The van der Waals surface area contributed by atoms with Crippen molar-refractivity contribution in [3.05, 3.63) is 54.2 Å². The summed E-state index contributed by atoms with van der Waals surface area (Å²) in [5.41, 5.74) is 2.90. The third kappa shape index (κ3) is 2.03. The number of hydrogen-bond acceptors (Lipinski definition) is 3. The van der Waals surface area contributed by atoms with Crippen LogP contribution in [-0.2, 0) is 0 Å². The van der Waals surface area contributed by atoms with Gasteiger partial charge in [0.2, 0.25) is 0 Å². The maximum Gasteiger partial charge on any atom is 0.118 e. The van der Waals surface area contributed by atoms with E-state index in [1.54, 1.807) is 7.11 Å². The van der Waals surface area contributed by atoms with Gasteiger partial charge in [-0.05, 0) is 31.2 Å². The highest BCUT2D eigenvalue weighted by atomic mass is 16.5. The highest BCUT2D eigenvalue weighted by Gasteiger charge is 2.08. The van der Waals surface area contributed by atoms with Gasteiger partial charge in [-0.25, -0.2) is 0 Å². The minimum Gasteiger partial charge on any atom is -0.497 e. The highest BCUT2D eigenvalue weighted by Crippen LogP contribution is 2.28. The van der Waals surface area contributed by atoms with Crippen molar-refractivity contribution in [1.82, 2.24) is 10.2 Å². The molecule has 3 aromatic rings. The fraction of sp³-hybridized carbons (Fsp3) is 0.125. The second-order valence-electron chi connectivity index (χ2n) is 4.41. The minimum atomic E-state index is 0.841. The van der Waals surface area contributed by atoms with Crippen molar-refractivity contribution in [2.75, 3.05) is 7.11 Å². The van der Waals surface area contributed by atoms with Gasteiger partial charge in [-0.2, -0.15) is 5.10 Å². The summed E-state index contributed by atoms with van der Waals surface area (Å²) < 4.78 is 5.18. The van der Waals surface area contributed by atoms with E-state index in [0.29, 0.717) is 0 Å². The second kappa shape index (κ2) is 4.69. The molecule has 0 aliphatic rings. The summed E-state index contributed by atoms with van der Waals surface area (Å²) in [4.78, 5) is 0. The Bertz CT molecular complexity index is 720. The van der Waals surface area contributed by atoms with Crippen LogP contribution in [0.1, 0.15) is 5.69 Å². The number of ether oxygens (including phenoxy) is 1. The molecule has 1 aromatic heterocycles. The summed E-state index contributed by atoms with van der Waals surface area (Å²) in [6.45, 7) is 1.98. The van der Waals surface area contributed by atoms with Crippen LogP contribution in [0.25, 0.3) is 22.0 Å². The van der Waals surface area contributed by atoms with Gasteiger partial charge in [0, 0.05) is 16.3 Å². The van der Waals surface area contributed by atoms with E-state index < -0.39 is 0 Å². The van der Waals surface area contributed by atoms with Crippen LogP contribution in [0.4, 0.5) is 0 Å². The summed E-state index contributed by atoms with van der Waals surface area (Å²) in [7, 11) is 1.66. The molecule has 3 nitrogen and oxygen atoms in total. The van der Waals surface area contributed by atoms with Crippen LogP contribution in [0, 0.1) is 6.92 Å². The van der Waals surface area contributed by atoms with E-state index in [-0.39, 0.29) is 0 Å². The molecule has 0 aliphatic carbocycles. The van der Waals surface area contributed by atoms with E-state index in [1.807, 2.05) is 43.3 Å². The van der Waals surface area contributed by atoms with Gasteiger partial charge in [0.15, 0.2) is 0 Å². The third-order valence-electron chi connectivity index (χ3n) is 3.24. The zero-order valence-corrected chi connectivity index (χ0v) is 10.9. The maximum atomic E-state index is 5.18. The lowest BCUT2D eigenvalue weighted by Gasteiger charge is -2.07. The van der Waals surface area contributed by atoms with Gasteiger partial charge in [0.1, 0.15) is 11.4 Å². The van der Waals surface area contributed by atoms with Gasteiger partial charge in [-0.3, -0.25) is 0 Å². The standard InChI is InChI=1S/C16H14N2O/c1-11-14-5-3-4-6-15(14)16(18-17-11)12-7-9-13(19-2)10-8-12/h3-10H,1-2H3. The van der Waals surface area contributed by atoms with E-state index >= 15 is 0 Å². The summed E-state index contributed by atoms with van der Waals surface area (Å²) in [6.07, 6.45) is 0. The number of aromatic nitrogens is 2. The molecule has 2 aromatic carbocycles. The quantitative estimate of drug-likeness (QED) is 0.696. The fourth-order valence-corrected chi connectivity index (χ4v) is 2.20. The molecule has 94 valence electrons. The highest BCUT2D eigenvalue weighted by molar-refractivity contribution is 5.95. The average Bonchev–Trinajstić information content (AvgIpc) is 2.48. The smallest absolute Gasteiger partial charge is 0.118 e. The number of nitrogens with zero attached hydrogens (tertiary/aromatic N) is 2. The molecular formula is C16H14N2O. The molecule has 0 fully saturated rings. The molecule has 0 unspecified atom stereocenters. The number of rotatable bonds is 2. The first-order valence-corrected chi connectivity index (χ1v) is 6.16. The molecule has 0 amide bonds. The number of aryl methyl sites for hydroxylation is 1. The fourth-order valence-electron chi connectivity index (χ4n) is 2.20. The summed E-state index contributed by atoms with van der Waals surface area (Å²) >= 11 is 0. The molecule has 1 heterocycles. The monoisotopic (exact) mass is 250 g/mol. The van der Waals surface area contributed by atoms with E-state index in [2.05, 4.69) is 22.3 Å². The number of hydrogen-bond donors (Lipinski definition) is 0. The van der Waals surface area contributed by atoms with Crippen molar-refractivity contribution in [2.24, 2.45) is 0 Å². The predicted molar refractivity (Wildman–Crippen MR) is 76.3 cm³/mol. The molecule has 0 spiro atoms. The maximum absolute atomic E-state index is 5.18. The second-order valence-corrected chi connectivity index (χ2v) is 4.41. The normalized spacial score (nSPS) is 10.6. The Labute approximate surface area is 111 Å². The molecule has 0 bridgehead atoms. The zero-order chi connectivity index (χ0) is 13.2. The van der Waals surface area contributed by atoms with Gasteiger partial charge in [-0.1, -0.05) is 24.3 Å². The molecule has 0 saturated carbocycles. The van der Waals surface area contributed by atoms with Crippen LogP contribution < -0.4 is 4.74 Å². The lowest BCUT2D eigenvalue weighted by Crippen LogP contribution is -1.93. The van der Waals surface area contributed by atoms with Gasteiger partial charge < -0.3 is 4.74 Å². The zero-order valence-electron chi connectivity index (χ0n) is 10.9. The molecule has 19 heavy (non-hydrogen) atoms. The average molecular weight is 250 g/mol. The summed E-state index contributed by atoms with van der Waals surface area (Å²) in [5, 5.41) is 10.9. The topological polar surface area (TPSA) is 35.0 Å². The Morgan fingerprint density at radius 2 is 1.53 bits per heavy atom. The molecule has 3 heteroatoms. The first kappa shape index (κ1) is 11.7. The predicted octanol–water partition coefficient (Wildman–Crippen LogP) is 3.61. The van der Waals surface area contributed by atoms with Crippen molar-refractivity contribution >= 4 is 10.8 Å². The Hall–Kier alpha value is -2.42. The molecule has 0 N–H and O–H groups in total. The molecule has 0 radical (unpaired) electrons. The molecule has 3 rings (SSSR count). The Morgan fingerprint density at radius 3 is 2.21 bits per heavy atom. The van der Waals surface area contributed by atoms with Gasteiger partial charge in [-0.15, -0.1) is 5.10 Å². The van der Waals surface area contributed by atoms with Crippen LogP contribution in [0.5, 0.6) is 5.75 Å². The van der Waals surface area contributed by atoms with E-state index in [9.17, 15) is 0 Å². The number of fused-ring (bicyclic) bond motifs is 1. The largest absolute Gasteiger partial charge is 0.497 e. The van der Waals surface area contributed by atoms with Crippen LogP contribution in [0.2, 0.25) is 0 Å². The van der Waals surface area contributed by atoms with Gasteiger partial charge >= 0.3 is 0 Å². The summed E-state index contributed by atoms with van der Waals surface area (Å²) in [6, 6.07) is 16.1. The lowest BCUT2D eigenvalue weighted by atomic mass is 10.0. The van der Waals surface area contributed by atoms with E-state index in [4.69, 9.17) is 4.74 Å². The van der Waals surface area contributed by atoms with Crippen LogP contribution >= 0.6 is 0 Å². The van der Waals surface area contributed by atoms with Crippen molar-refractivity contribution in [2.45, 2.75) is 6.92 Å². The number of methoxy groups -OCH3 is 1. The first-order chi connectivity index (χ1) is 9.29. The Morgan fingerprint density at radius 1 is 0.842 bits per heavy atom. The number of benzene rings is 2. The van der Waals surface area contributed by atoms with Crippen LogP contribution in [0.3, 0.4) is 0 Å². The van der Waals surface area contributed by atoms with Crippen molar-refractivity contribution in [3.63, 3.8) is 0 Å². The first-order valence-electron chi connectivity index (χ1n) is 6.16. The molecule has 0 aliphatic heterocycles. The van der Waals surface area contributed by atoms with Crippen LogP contribution in [-0.4, -0.2) is 17.3 Å². The van der Waals surface area contributed by atoms with Gasteiger partial charge in [0.25, 0.3) is 0 Å². The Balaban J connectivity index is 2.21. The molecule has 0 atom stereocenters. The van der Waals surface area contributed by atoms with Crippen LogP contribution in [0.15, 0.2) is 48.5 Å². The van der Waals surface area contributed by atoms with E-state index in [0.717, 1.165) is 33.5 Å². The van der Waals surface area contributed by atoms with Crippen molar-refractivity contribution < 1.29 is 4.74 Å². The molecular weight excluding hydrogens is 236 g/mol. The SMILES string of the molecule is COc1ccc(-c2nnc(C)c3ccccc23)cc1. The summed E-state index contributed by atoms with van der Waals surface area (Å²) in [5.74, 6) is 0.841. The van der Waals surface area contributed by atoms with E-state index in [1.165, 1.54) is 0 Å². The van der Waals surface area contributed by atoms with Crippen molar-refractivity contribution in [3.8, 4) is 17.0 Å². The lowest BCUT2D eigenvalue weighted by molar-refractivity contribution is 0.415. The third-order valence-corrected chi connectivity index (χ3v) is 3.24. The van der Waals surface area contributed by atoms with Gasteiger partial charge in [0.05, 0.1) is 12.8 Å². The molecule has 0 saturated heterocycles. The van der Waals surface area contributed by atoms with Crippen molar-refractivity contribution in [1.29, 1.82) is 0 Å². The minimum absolute atomic E-state index is 0.841.